The topological polar surface area (TPSA) is 143 Å². The molecule has 1 aromatic heterocycles. The Bertz CT molecular complexity index is 1810. The Hall–Kier alpha value is -6.27. The van der Waals surface area contributed by atoms with E-state index in [9.17, 15) is 19.2 Å². The van der Waals surface area contributed by atoms with Crippen LogP contribution in [-0.4, -0.2) is 71.1 Å². The number of aromatic nitrogens is 1. The summed E-state index contributed by atoms with van der Waals surface area (Å²) in [5.41, 5.74) is 3.70. The summed E-state index contributed by atoms with van der Waals surface area (Å²) in [4.78, 5) is 50.0. The van der Waals surface area contributed by atoms with E-state index >= 15 is 0 Å². The molecule has 12 heteroatoms. The molecule has 5 aromatic rings. The van der Waals surface area contributed by atoms with Gasteiger partial charge in [0.2, 0.25) is 11.8 Å². The molecule has 266 valence electrons. The van der Waals surface area contributed by atoms with Gasteiger partial charge in [-0.05, 0) is 68.1 Å². The molecule has 4 aromatic carbocycles. The van der Waals surface area contributed by atoms with Crippen molar-refractivity contribution in [3.8, 4) is 11.5 Å². The van der Waals surface area contributed by atoms with Gasteiger partial charge in [-0.3, -0.25) is 19.2 Å². The number of methoxy groups -OCH3 is 2. The normalized spacial score (nSPS) is 10.5. The van der Waals surface area contributed by atoms with Crippen LogP contribution in [0.5, 0.6) is 11.5 Å². The van der Waals surface area contributed by atoms with E-state index in [-0.39, 0.29) is 35.9 Å². The second-order valence-corrected chi connectivity index (χ2v) is 10.9. The van der Waals surface area contributed by atoms with Gasteiger partial charge < -0.3 is 34.4 Å². The van der Waals surface area contributed by atoms with E-state index in [1.165, 1.54) is 16.5 Å². The van der Waals surface area contributed by atoms with Crippen LogP contribution in [0, 0.1) is 6.92 Å². The minimum atomic E-state index is -0.599. The number of aryl methyl sites for hydroxylation is 1. The van der Waals surface area contributed by atoms with Crippen molar-refractivity contribution in [1.29, 1.82) is 0 Å². The first-order valence-electron chi connectivity index (χ1n) is 15.9. The van der Waals surface area contributed by atoms with Gasteiger partial charge in [-0.2, -0.15) is 0 Å². The highest BCUT2D eigenvalue weighted by Crippen LogP contribution is 2.22. The van der Waals surface area contributed by atoms with Crippen LogP contribution in [0.15, 0.2) is 120 Å². The maximum atomic E-state index is 12.7. The number of anilines is 2. The second kappa shape index (κ2) is 20.3. The molecule has 0 spiro atoms. The van der Waals surface area contributed by atoms with Gasteiger partial charge in [0.15, 0.2) is 17.7 Å². The molecule has 0 aliphatic rings. The fourth-order valence-corrected chi connectivity index (χ4v) is 4.51. The third-order valence-corrected chi connectivity index (χ3v) is 7.51. The third kappa shape index (κ3) is 12.0. The minimum Gasteiger partial charge on any atom is -0.497 e. The zero-order valence-corrected chi connectivity index (χ0v) is 29.5. The van der Waals surface area contributed by atoms with Crippen molar-refractivity contribution in [2.45, 2.75) is 13.0 Å². The Kier molecular flexibility index (Phi) is 15.6. The molecule has 0 aliphatic heterocycles. The number of likely N-dealkylation sites (N-methyl/N-ethyl adjacent to an activating group) is 3. The number of carbonyl (C=O) groups is 4. The molecule has 0 fully saturated rings. The zero-order chi connectivity index (χ0) is 37.2. The van der Waals surface area contributed by atoms with Crippen molar-refractivity contribution in [3.63, 3.8) is 0 Å². The van der Waals surface area contributed by atoms with E-state index < -0.39 is 5.91 Å². The zero-order valence-electron chi connectivity index (χ0n) is 29.5. The molecule has 0 bridgehead atoms. The fourth-order valence-electron chi connectivity index (χ4n) is 4.51. The lowest BCUT2D eigenvalue weighted by molar-refractivity contribution is -0.120. The van der Waals surface area contributed by atoms with Crippen molar-refractivity contribution in [3.05, 3.63) is 138 Å². The molecule has 3 amide bonds. The maximum Gasteiger partial charge on any atom is 0.273 e. The van der Waals surface area contributed by atoms with Gasteiger partial charge >= 0.3 is 0 Å². The van der Waals surface area contributed by atoms with Crippen LogP contribution in [0.25, 0.3) is 0 Å². The first-order valence-corrected chi connectivity index (χ1v) is 15.9. The summed E-state index contributed by atoms with van der Waals surface area (Å²) in [5, 5.41) is 8.92. The number of aldehydes is 1. The van der Waals surface area contributed by atoms with Crippen LogP contribution in [0.3, 0.4) is 0 Å². The van der Waals surface area contributed by atoms with Gasteiger partial charge in [0.05, 0.1) is 20.8 Å². The molecule has 0 radical (unpaired) electrons. The molecule has 51 heavy (non-hydrogen) atoms. The number of hydrogen-bond donors (Lipinski definition) is 2. The summed E-state index contributed by atoms with van der Waals surface area (Å²) in [6.45, 7) is 1.87. The van der Waals surface area contributed by atoms with Gasteiger partial charge in [-0.25, -0.2) is 0 Å². The monoisotopic (exact) mass is 693 g/mol. The highest BCUT2D eigenvalue weighted by atomic mass is 16.5. The average Bonchev–Trinajstić information content (AvgIpc) is 3.68. The van der Waals surface area contributed by atoms with Crippen LogP contribution < -0.4 is 29.9 Å². The SMILES string of the molecule is CNC(C(=O)N(C)c1ccc(OC)cc1)c1ccccc1.COc1ccc(N(C)C(=O)CNC(=O)c2cc(C=O)on2)cc1.Cc1ccccc1. The lowest BCUT2D eigenvalue weighted by Gasteiger charge is -2.24. The number of nitrogens with zero attached hydrogens (tertiary/aromatic N) is 3. The summed E-state index contributed by atoms with van der Waals surface area (Å²) in [6.07, 6.45) is 0.437. The lowest BCUT2D eigenvalue weighted by atomic mass is 10.1. The summed E-state index contributed by atoms with van der Waals surface area (Å²) in [5.74, 6) is 0.472. The van der Waals surface area contributed by atoms with E-state index in [4.69, 9.17) is 9.47 Å². The molecule has 0 saturated carbocycles. The van der Waals surface area contributed by atoms with Crippen molar-refractivity contribution in [1.82, 2.24) is 15.8 Å². The Labute approximate surface area is 298 Å². The van der Waals surface area contributed by atoms with Gasteiger partial charge in [0, 0.05) is 31.5 Å². The minimum absolute atomic E-state index is 0.00568. The van der Waals surface area contributed by atoms with Crippen molar-refractivity contribution in [2.75, 3.05) is 51.7 Å². The number of carbonyl (C=O) groups excluding carboxylic acids is 4. The Morgan fingerprint density at radius 3 is 1.73 bits per heavy atom. The predicted molar refractivity (Wildman–Crippen MR) is 196 cm³/mol. The predicted octanol–water partition coefficient (Wildman–Crippen LogP) is 5.50. The molecule has 0 aliphatic carbocycles. The van der Waals surface area contributed by atoms with E-state index in [2.05, 4.69) is 39.4 Å². The van der Waals surface area contributed by atoms with Crippen molar-refractivity contribution in [2.24, 2.45) is 0 Å². The summed E-state index contributed by atoms with van der Waals surface area (Å²) >= 11 is 0. The third-order valence-electron chi connectivity index (χ3n) is 7.51. The van der Waals surface area contributed by atoms with Crippen LogP contribution in [0.4, 0.5) is 11.4 Å². The largest absolute Gasteiger partial charge is 0.497 e. The number of benzene rings is 4. The molecule has 1 atom stereocenters. The van der Waals surface area contributed by atoms with Crippen molar-refractivity contribution < 1.29 is 33.2 Å². The molecule has 12 nitrogen and oxygen atoms in total. The maximum absolute atomic E-state index is 12.7. The molecule has 2 N–H and O–H groups in total. The number of nitrogens with one attached hydrogen (secondary N) is 2. The first kappa shape index (κ1) is 39.2. The second-order valence-electron chi connectivity index (χ2n) is 10.9. The van der Waals surface area contributed by atoms with Crippen LogP contribution >= 0.6 is 0 Å². The van der Waals surface area contributed by atoms with Crippen LogP contribution in [0.2, 0.25) is 0 Å². The summed E-state index contributed by atoms with van der Waals surface area (Å²) in [6, 6.07) is 35.1. The smallest absolute Gasteiger partial charge is 0.273 e. The fraction of sp³-hybridized carbons (Fsp3) is 0.205. The van der Waals surface area contributed by atoms with E-state index in [0.29, 0.717) is 17.7 Å². The van der Waals surface area contributed by atoms with Crippen LogP contribution in [-0.2, 0) is 9.59 Å². The Morgan fingerprint density at radius 1 is 0.784 bits per heavy atom. The average molecular weight is 694 g/mol. The van der Waals surface area contributed by atoms with Gasteiger partial charge in [-0.1, -0.05) is 71.4 Å². The molecule has 5 rings (SSSR count). The summed E-state index contributed by atoms with van der Waals surface area (Å²) < 4.78 is 14.8. The van der Waals surface area contributed by atoms with Gasteiger partial charge in [-0.15, -0.1) is 0 Å². The summed E-state index contributed by atoms with van der Waals surface area (Å²) in [7, 11) is 8.33. The highest BCUT2D eigenvalue weighted by Gasteiger charge is 2.23. The number of ether oxygens (including phenoxy) is 2. The van der Waals surface area contributed by atoms with E-state index in [0.717, 1.165) is 17.0 Å². The Morgan fingerprint density at radius 2 is 1.29 bits per heavy atom. The molecular weight excluding hydrogens is 650 g/mol. The highest BCUT2D eigenvalue weighted by molar-refractivity contribution is 6.00. The Balaban J connectivity index is 0.000000232. The quantitative estimate of drug-likeness (QED) is 0.171. The van der Waals surface area contributed by atoms with E-state index in [1.54, 1.807) is 64.5 Å². The molecule has 0 saturated heterocycles. The number of rotatable bonds is 11. The number of hydrogen-bond acceptors (Lipinski definition) is 9. The first-order chi connectivity index (χ1) is 24.6. The van der Waals surface area contributed by atoms with Gasteiger partial charge in [0.1, 0.15) is 17.5 Å². The molecule has 1 unspecified atom stereocenters. The van der Waals surface area contributed by atoms with Gasteiger partial charge in [0.25, 0.3) is 5.91 Å². The molecular formula is C39H43N5O7. The van der Waals surface area contributed by atoms with Crippen molar-refractivity contribution >= 4 is 35.4 Å². The van der Waals surface area contributed by atoms with Crippen LogP contribution in [0.1, 0.15) is 38.2 Å². The standard InChI is InChI=1S/C17H20N2O2.C15H15N3O5.C7H8/c1-18-16(13-7-5-4-6-8-13)17(20)19(2)14-9-11-15(21-3)12-10-14;1-18(10-3-5-11(22-2)6-4-10)14(20)8-16-15(21)13-7-12(9-19)23-17-13;1-7-5-3-2-4-6-7/h4-12,16,18H,1-3H3;3-7,9H,8H2,1-2H3,(H,16,21);2-6H,1H3. The van der Waals surface area contributed by atoms with E-state index in [1.807, 2.05) is 72.8 Å². The lowest BCUT2D eigenvalue weighted by Crippen LogP contribution is -2.38. The number of amides is 3. The molecule has 1 heterocycles.